The van der Waals surface area contributed by atoms with Crippen molar-refractivity contribution in [1.29, 1.82) is 0 Å². The number of hydrogen-bond acceptors (Lipinski definition) is 4. The number of halogens is 6. The maximum Gasteiger partial charge on any atom is 0.419 e. The highest BCUT2D eigenvalue weighted by atomic mass is 19.4. The monoisotopic (exact) mass is 444 g/mol. The van der Waals surface area contributed by atoms with Crippen LogP contribution in [0, 0.1) is 5.82 Å². The quantitative estimate of drug-likeness (QED) is 0.560. The topological polar surface area (TPSA) is 74.6 Å². The van der Waals surface area contributed by atoms with Gasteiger partial charge in [0.05, 0.1) is 11.8 Å². The molecule has 0 unspecified atom stereocenters. The minimum absolute atomic E-state index is 0.0629. The molecule has 3 aromatic rings. The zero-order valence-electron chi connectivity index (χ0n) is 15.2. The number of nitrogens with zero attached hydrogens (tertiary/aromatic N) is 1. The molecule has 31 heavy (non-hydrogen) atoms. The predicted octanol–water partition coefficient (Wildman–Crippen LogP) is 4.70. The lowest BCUT2D eigenvalue weighted by molar-refractivity contribution is -0.454. The van der Waals surface area contributed by atoms with Crippen molar-refractivity contribution >= 4 is 11.6 Å². The highest BCUT2D eigenvalue weighted by Gasteiger charge is 2.37. The van der Waals surface area contributed by atoms with Gasteiger partial charge in [0.15, 0.2) is 5.82 Å². The van der Waals surface area contributed by atoms with Crippen molar-refractivity contribution in [3.63, 3.8) is 0 Å². The number of nitrogens with one attached hydrogen (secondary N) is 2. The largest absolute Gasteiger partial charge is 0.456 e. The molecule has 0 saturated carbocycles. The number of H-pyrrole nitrogens is 1. The van der Waals surface area contributed by atoms with Crippen LogP contribution in [0.15, 0.2) is 54.9 Å². The summed E-state index contributed by atoms with van der Waals surface area (Å²) in [4.78, 5) is 12.6. The normalized spacial score (nSPS) is 11.3. The molecule has 1 aromatic heterocycles. The molecule has 0 bridgehead atoms. The molecule has 0 atom stereocenters. The van der Waals surface area contributed by atoms with Gasteiger partial charge in [0.25, 0.3) is 5.91 Å². The maximum absolute atomic E-state index is 14.7. The van der Waals surface area contributed by atoms with Crippen LogP contribution in [-0.4, -0.2) is 17.6 Å². The molecule has 6 nitrogen and oxygen atoms in total. The maximum atomic E-state index is 14.7. The van der Waals surface area contributed by atoms with Crippen molar-refractivity contribution in [2.24, 2.45) is 0 Å². The summed E-state index contributed by atoms with van der Waals surface area (Å²) in [6, 6.07) is 7.06. The molecule has 2 N–H and O–H groups in total. The molecule has 0 saturated heterocycles. The number of aromatic amines is 1. The number of hydrogen-bond donors (Lipinski definition) is 1. The predicted molar refractivity (Wildman–Crippen MR) is 93.3 cm³/mol. The van der Waals surface area contributed by atoms with Gasteiger partial charge in [-0.1, -0.05) is 0 Å². The smallest absolute Gasteiger partial charge is 0.419 e. The van der Waals surface area contributed by atoms with Gasteiger partial charge in [0.1, 0.15) is 28.5 Å². The number of alkyl halides is 5. The summed E-state index contributed by atoms with van der Waals surface area (Å²) in [7, 11) is 0. The highest BCUT2D eigenvalue weighted by molar-refractivity contribution is 6.06. The molecule has 2 aromatic carbocycles. The Morgan fingerprint density at radius 1 is 1.03 bits per heavy atom. The second-order valence-electron chi connectivity index (χ2n) is 5.88. The van der Waals surface area contributed by atoms with E-state index in [0.29, 0.717) is 6.07 Å². The summed E-state index contributed by atoms with van der Waals surface area (Å²) in [5, 5.41) is 8.25. The fourth-order valence-electron chi connectivity index (χ4n) is 2.48. The fourth-order valence-corrected chi connectivity index (χ4v) is 2.48. The van der Waals surface area contributed by atoms with E-state index in [-0.39, 0.29) is 17.2 Å². The fraction of sp³-hybridized carbons (Fsp3) is 0.105. The van der Waals surface area contributed by atoms with Crippen LogP contribution in [0.2, 0.25) is 0 Å². The summed E-state index contributed by atoms with van der Waals surface area (Å²) in [5.41, 5.74) is -2.55. The molecular formula is C19H12F6N3O3+. The number of ether oxygens (including phenoxy) is 2. The van der Waals surface area contributed by atoms with Crippen LogP contribution in [0.5, 0.6) is 17.2 Å². The molecule has 3 rings (SSSR count). The van der Waals surface area contributed by atoms with Crippen LogP contribution in [0.1, 0.15) is 15.9 Å². The Kier molecular flexibility index (Phi) is 6.28. The Hall–Kier alpha value is -3.83. The molecule has 0 aliphatic rings. The Labute approximate surface area is 170 Å². The summed E-state index contributed by atoms with van der Waals surface area (Å²) < 4.78 is 88.1. The highest BCUT2D eigenvalue weighted by Crippen LogP contribution is 2.37. The Balaban J connectivity index is 1.97. The zero-order chi connectivity index (χ0) is 22.6. The number of carbonyl (C=O) groups is 1. The van der Waals surface area contributed by atoms with Gasteiger partial charge in [-0.05, 0) is 47.6 Å². The van der Waals surface area contributed by atoms with Gasteiger partial charge in [0.2, 0.25) is 6.20 Å². The first-order valence-corrected chi connectivity index (χ1v) is 8.41. The van der Waals surface area contributed by atoms with Gasteiger partial charge in [-0.3, -0.25) is 4.79 Å². The molecule has 1 heterocycles. The van der Waals surface area contributed by atoms with E-state index in [1.807, 2.05) is 0 Å². The zero-order valence-corrected chi connectivity index (χ0v) is 15.2. The number of amides is 1. The van der Waals surface area contributed by atoms with E-state index in [0.717, 1.165) is 30.3 Å². The van der Waals surface area contributed by atoms with Gasteiger partial charge in [-0.25, -0.2) is 4.39 Å². The third-order valence-corrected chi connectivity index (χ3v) is 3.79. The van der Waals surface area contributed by atoms with Crippen molar-refractivity contribution in [3.05, 3.63) is 71.8 Å². The molecule has 0 aliphatic carbocycles. The SMILES string of the molecule is O=C(Nc1ccn[nH+]c1)c1c(Oc2ccc(OC(F)F)cc2)ccc(C(F)(F)F)c1F. The van der Waals surface area contributed by atoms with Crippen LogP contribution in [0.25, 0.3) is 0 Å². The third kappa shape index (κ3) is 5.41. The second-order valence-corrected chi connectivity index (χ2v) is 5.88. The van der Waals surface area contributed by atoms with Gasteiger partial charge in [0, 0.05) is 0 Å². The minimum atomic E-state index is -5.06. The van der Waals surface area contributed by atoms with Crippen LogP contribution in [0.3, 0.4) is 0 Å². The lowest BCUT2D eigenvalue weighted by atomic mass is 10.1. The van der Waals surface area contributed by atoms with Crippen molar-refractivity contribution in [2.45, 2.75) is 12.8 Å². The molecular weight excluding hydrogens is 432 g/mol. The van der Waals surface area contributed by atoms with Crippen LogP contribution < -0.4 is 19.9 Å². The molecule has 0 radical (unpaired) electrons. The first-order valence-electron chi connectivity index (χ1n) is 8.41. The van der Waals surface area contributed by atoms with Crippen LogP contribution in [-0.2, 0) is 6.18 Å². The number of aromatic nitrogens is 2. The average Bonchev–Trinajstić information content (AvgIpc) is 2.69. The van der Waals surface area contributed by atoms with E-state index in [2.05, 4.69) is 20.3 Å². The molecule has 1 amide bonds. The van der Waals surface area contributed by atoms with E-state index in [9.17, 15) is 31.1 Å². The lowest BCUT2D eigenvalue weighted by Gasteiger charge is -2.16. The number of benzene rings is 2. The van der Waals surface area contributed by atoms with Crippen LogP contribution >= 0.6 is 0 Å². The van der Waals surface area contributed by atoms with E-state index in [4.69, 9.17) is 4.74 Å². The van der Waals surface area contributed by atoms with Gasteiger partial charge in [-0.2, -0.15) is 22.0 Å². The summed E-state index contributed by atoms with van der Waals surface area (Å²) in [5.74, 6) is -3.84. The summed E-state index contributed by atoms with van der Waals surface area (Å²) in [6.45, 7) is -3.06. The van der Waals surface area contributed by atoms with Crippen molar-refractivity contribution in [2.75, 3.05) is 5.32 Å². The van der Waals surface area contributed by atoms with Crippen molar-refractivity contribution < 1.29 is 45.7 Å². The van der Waals surface area contributed by atoms with Gasteiger partial charge >= 0.3 is 12.8 Å². The molecule has 0 aliphatic heterocycles. The van der Waals surface area contributed by atoms with Crippen LogP contribution in [0.4, 0.5) is 32.0 Å². The summed E-state index contributed by atoms with van der Waals surface area (Å²) in [6.07, 6.45) is -2.57. The molecule has 12 heteroatoms. The van der Waals surface area contributed by atoms with Crippen molar-refractivity contribution in [1.82, 2.24) is 5.10 Å². The lowest BCUT2D eigenvalue weighted by Crippen LogP contribution is -2.20. The van der Waals surface area contributed by atoms with E-state index in [1.54, 1.807) is 0 Å². The first-order chi connectivity index (χ1) is 14.6. The standard InChI is InChI=1S/C19H11F6N3O3/c20-16-13(19(23,24)25)5-6-14(15(16)17(29)28-10-7-8-26-27-9-10)30-11-1-3-12(4-2-11)31-18(21)22/h1-9,18H,(H,26,28,29)/p+1. The minimum Gasteiger partial charge on any atom is -0.456 e. The molecule has 162 valence electrons. The first kappa shape index (κ1) is 21.9. The molecule has 0 spiro atoms. The Morgan fingerprint density at radius 3 is 2.29 bits per heavy atom. The number of carbonyl (C=O) groups excluding carboxylic acids is 1. The Morgan fingerprint density at radius 2 is 1.71 bits per heavy atom. The number of anilines is 1. The van der Waals surface area contributed by atoms with E-state index in [1.165, 1.54) is 18.5 Å². The second kappa shape index (κ2) is 8.90. The van der Waals surface area contributed by atoms with Gasteiger partial charge in [-0.15, -0.1) is 5.10 Å². The molecule has 0 fully saturated rings. The van der Waals surface area contributed by atoms with Gasteiger partial charge < -0.3 is 14.8 Å². The van der Waals surface area contributed by atoms with E-state index < -0.39 is 41.4 Å². The number of rotatable bonds is 6. The average molecular weight is 444 g/mol. The third-order valence-electron chi connectivity index (χ3n) is 3.79. The van der Waals surface area contributed by atoms with Crippen molar-refractivity contribution in [3.8, 4) is 17.2 Å². The Bertz CT molecular complexity index is 1060. The summed E-state index contributed by atoms with van der Waals surface area (Å²) >= 11 is 0. The van der Waals surface area contributed by atoms with E-state index >= 15 is 0 Å².